The number of rotatable bonds is 2. The molecule has 0 atom stereocenters. The van der Waals surface area contributed by atoms with Crippen molar-refractivity contribution in [3.8, 4) is 0 Å². The van der Waals surface area contributed by atoms with E-state index in [1.807, 2.05) is 0 Å². The highest BCUT2D eigenvalue weighted by Crippen LogP contribution is 2.17. The van der Waals surface area contributed by atoms with Gasteiger partial charge in [0.1, 0.15) is 0 Å². The Labute approximate surface area is 75.9 Å². The van der Waals surface area contributed by atoms with Gasteiger partial charge in [-0.15, -0.1) is 0 Å². The Bertz CT molecular complexity index is 425. The van der Waals surface area contributed by atoms with Gasteiger partial charge in [0.25, 0.3) is 10.1 Å². The van der Waals surface area contributed by atoms with Crippen LogP contribution in [-0.4, -0.2) is 20.0 Å². The van der Waals surface area contributed by atoms with Crippen LogP contribution < -0.4 is 0 Å². The van der Waals surface area contributed by atoms with E-state index in [2.05, 4.69) is 10.2 Å². The van der Waals surface area contributed by atoms with Gasteiger partial charge in [0.2, 0.25) is 0 Å². The van der Waals surface area contributed by atoms with Crippen molar-refractivity contribution in [1.29, 1.82) is 0 Å². The Morgan fingerprint density at radius 2 is 2.08 bits per heavy atom. The van der Waals surface area contributed by atoms with E-state index < -0.39 is 10.1 Å². The Hall–Kier alpha value is -1.27. The summed E-state index contributed by atoms with van der Waals surface area (Å²) in [6.45, 7) is 0. The second kappa shape index (κ2) is 3.63. The monoisotopic (exact) mass is 200 g/mol. The summed E-state index contributed by atoms with van der Waals surface area (Å²) in [6.07, 6.45) is 0. The molecule has 0 amide bonds. The zero-order valence-electron chi connectivity index (χ0n) is 6.88. The first-order valence-corrected chi connectivity index (χ1v) is 4.85. The Morgan fingerprint density at radius 1 is 1.38 bits per heavy atom. The maximum absolute atomic E-state index is 10.7. The summed E-state index contributed by atoms with van der Waals surface area (Å²) in [7, 11) is -2.67. The third-order valence-electron chi connectivity index (χ3n) is 1.33. The fourth-order valence-corrected chi connectivity index (χ4v) is 1.34. The molecular formula is C7H8N2O3S. The van der Waals surface area contributed by atoms with E-state index in [0.29, 0.717) is 5.69 Å². The van der Waals surface area contributed by atoms with E-state index in [1.54, 1.807) is 6.07 Å². The van der Waals surface area contributed by atoms with Gasteiger partial charge < -0.3 is 0 Å². The van der Waals surface area contributed by atoms with Crippen molar-refractivity contribution in [2.45, 2.75) is 4.90 Å². The number of benzene rings is 1. The predicted octanol–water partition coefficient (Wildman–Crippen LogP) is 1.65. The molecule has 1 N–H and O–H groups in total. The highest BCUT2D eigenvalue weighted by Gasteiger charge is 2.08. The van der Waals surface area contributed by atoms with Crippen LogP contribution in [0.5, 0.6) is 0 Å². The number of nitrogens with zero attached hydrogens (tertiary/aromatic N) is 2. The van der Waals surface area contributed by atoms with Gasteiger partial charge in [-0.1, -0.05) is 6.07 Å². The van der Waals surface area contributed by atoms with Crippen LogP contribution in [0.3, 0.4) is 0 Å². The average molecular weight is 200 g/mol. The van der Waals surface area contributed by atoms with E-state index in [-0.39, 0.29) is 4.90 Å². The van der Waals surface area contributed by atoms with Crippen LogP contribution in [-0.2, 0) is 10.1 Å². The molecule has 5 nitrogen and oxygen atoms in total. The molecule has 0 saturated carbocycles. The Balaban J connectivity index is 3.21. The predicted molar refractivity (Wildman–Crippen MR) is 46.7 cm³/mol. The van der Waals surface area contributed by atoms with E-state index in [9.17, 15) is 8.42 Å². The van der Waals surface area contributed by atoms with Crippen molar-refractivity contribution >= 4 is 15.8 Å². The first-order chi connectivity index (χ1) is 6.04. The van der Waals surface area contributed by atoms with Crippen LogP contribution in [0, 0.1) is 0 Å². The van der Waals surface area contributed by atoms with Gasteiger partial charge in [-0.25, -0.2) is 0 Å². The third kappa shape index (κ3) is 2.60. The molecule has 0 saturated heterocycles. The summed E-state index contributed by atoms with van der Waals surface area (Å²) < 4.78 is 30.0. The van der Waals surface area contributed by atoms with Crippen molar-refractivity contribution in [3.05, 3.63) is 24.3 Å². The number of hydrogen-bond acceptors (Lipinski definition) is 4. The van der Waals surface area contributed by atoms with Gasteiger partial charge in [0.15, 0.2) is 0 Å². The molecule has 0 aliphatic carbocycles. The number of hydrogen-bond donors (Lipinski definition) is 1. The fraction of sp³-hybridized carbons (Fsp3) is 0.143. The molecule has 0 unspecified atom stereocenters. The Morgan fingerprint density at radius 3 is 2.62 bits per heavy atom. The minimum atomic E-state index is -4.15. The molecule has 1 aromatic carbocycles. The zero-order chi connectivity index (χ0) is 9.90. The second-order valence-corrected chi connectivity index (χ2v) is 3.69. The highest BCUT2D eigenvalue weighted by molar-refractivity contribution is 7.85. The van der Waals surface area contributed by atoms with Gasteiger partial charge in [-0.3, -0.25) is 4.55 Å². The van der Waals surface area contributed by atoms with Crippen LogP contribution >= 0.6 is 0 Å². The molecule has 0 bridgehead atoms. The minimum Gasteiger partial charge on any atom is -0.282 e. The molecule has 0 spiro atoms. The van der Waals surface area contributed by atoms with E-state index in [4.69, 9.17) is 4.55 Å². The van der Waals surface area contributed by atoms with Crippen LogP contribution in [0.25, 0.3) is 0 Å². The normalized spacial score (nSPS) is 12.2. The van der Waals surface area contributed by atoms with Crippen molar-refractivity contribution < 1.29 is 13.0 Å². The molecule has 13 heavy (non-hydrogen) atoms. The largest absolute Gasteiger partial charge is 0.294 e. The first-order valence-electron chi connectivity index (χ1n) is 3.41. The van der Waals surface area contributed by atoms with Crippen molar-refractivity contribution in [2.24, 2.45) is 10.2 Å². The standard InChI is InChI=1S/C7H8N2O3S/c1-8-9-6-3-2-4-7(5-6)13(10,11)12/h2-5H,1H3,(H,10,11,12)/b9-8+. The minimum absolute atomic E-state index is 0.183. The maximum atomic E-state index is 10.7. The number of azo groups is 1. The van der Waals surface area contributed by atoms with E-state index in [0.717, 1.165) is 0 Å². The van der Waals surface area contributed by atoms with Crippen LogP contribution in [0.2, 0.25) is 0 Å². The molecule has 0 aromatic heterocycles. The smallest absolute Gasteiger partial charge is 0.282 e. The SMILES string of the molecule is C/N=N/c1cccc(S(=O)(=O)O)c1. The lowest BCUT2D eigenvalue weighted by Gasteiger charge is -1.96. The second-order valence-electron chi connectivity index (χ2n) is 2.27. The van der Waals surface area contributed by atoms with Gasteiger partial charge >= 0.3 is 0 Å². The summed E-state index contributed by atoms with van der Waals surface area (Å²) in [4.78, 5) is -0.183. The van der Waals surface area contributed by atoms with Crippen molar-refractivity contribution in [2.75, 3.05) is 7.05 Å². The van der Waals surface area contributed by atoms with Crippen molar-refractivity contribution in [1.82, 2.24) is 0 Å². The van der Waals surface area contributed by atoms with Crippen LogP contribution in [0.4, 0.5) is 5.69 Å². The first kappa shape index (κ1) is 9.82. The quantitative estimate of drug-likeness (QED) is 0.582. The molecule has 1 rings (SSSR count). The summed E-state index contributed by atoms with van der Waals surface area (Å²) in [5, 5.41) is 7.11. The van der Waals surface area contributed by atoms with Gasteiger partial charge in [-0.05, 0) is 18.2 Å². The lowest BCUT2D eigenvalue weighted by atomic mass is 10.3. The molecule has 0 heterocycles. The third-order valence-corrected chi connectivity index (χ3v) is 2.18. The van der Waals surface area contributed by atoms with Gasteiger partial charge in [0, 0.05) is 7.05 Å². The van der Waals surface area contributed by atoms with Gasteiger partial charge in [-0.2, -0.15) is 18.6 Å². The van der Waals surface area contributed by atoms with Gasteiger partial charge in [0.05, 0.1) is 10.6 Å². The fourth-order valence-electron chi connectivity index (χ4n) is 0.822. The van der Waals surface area contributed by atoms with Crippen LogP contribution in [0.15, 0.2) is 39.4 Å². The molecule has 6 heteroatoms. The van der Waals surface area contributed by atoms with E-state index >= 15 is 0 Å². The molecule has 0 radical (unpaired) electrons. The Kier molecular flexibility index (Phi) is 2.74. The maximum Gasteiger partial charge on any atom is 0.294 e. The summed E-state index contributed by atoms with van der Waals surface area (Å²) in [5.74, 6) is 0. The van der Waals surface area contributed by atoms with Crippen LogP contribution in [0.1, 0.15) is 0 Å². The summed E-state index contributed by atoms with van der Waals surface area (Å²) >= 11 is 0. The highest BCUT2D eigenvalue weighted by atomic mass is 32.2. The molecule has 0 fully saturated rings. The molecule has 70 valence electrons. The topological polar surface area (TPSA) is 79.1 Å². The lowest BCUT2D eigenvalue weighted by molar-refractivity contribution is 0.483. The molecule has 0 aliphatic heterocycles. The summed E-state index contributed by atoms with van der Waals surface area (Å²) in [5.41, 5.74) is 0.387. The molecule has 0 aliphatic rings. The summed E-state index contributed by atoms with van der Waals surface area (Å²) in [6, 6.07) is 5.58. The molecular weight excluding hydrogens is 192 g/mol. The van der Waals surface area contributed by atoms with E-state index in [1.165, 1.54) is 25.2 Å². The molecule has 1 aromatic rings. The lowest BCUT2D eigenvalue weighted by Crippen LogP contribution is -1.96. The van der Waals surface area contributed by atoms with Crippen molar-refractivity contribution in [3.63, 3.8) is 0 Å². The zero-order valence-corrected chi connectivity index (χ0v) is 7.69. The average Bonchev–Trinajstić information content (AvgIpc) is 2.04.